The number of hydrogen-bond donors (Lipinski definition) is 0. The Hall–Kier alpha value is -4.28. The van der Waals surface area contributed by atoms with Gasteiger partial charge in [0.2, 0.25) is 5.91 Å². The summed E-state index contributed by atoms with van der Waals surface area (Å²) in [5, 5.41) is 0. The van der Waals surface area contributed by atoms with E-state index in [1.54, 1.807) is 28.0 Å². The van der Waals surface area contributed by atoms with E-state index >= 15 is 0 Å². The van der Waals surface area contributed by atoms with Crippen LogP contribution in [0.4, 0.5) is 10.5 Å². The number of cyclic esters (lactones) is 1. The van der Waals surface area contributed by atoms with Crippen LogP contribution in [0.25, 0.3) is 0 Å². The Balaban J connectivity index is 1.23. The van der Waals surface area contributed by atoms with Crippen molar-refractivity contribution in [1.29, 1.82) is 0 Å². The number of nitrogens with zero attached hydrogens (tertiary/aromatic N) is 3. The average Bonchev–Trinajstić information content (AvgIpc) is 3.00. The fraction of sp³-hybridized carbons (Fsp3) is 0.467. The number of ether oxygens (including phenoxy) is 4. The molecule has 0 saturated carbocycles. The Kier molecular flexibility index (Phi) is 8.32. The van der Waals surface area contributed by atoms with Gasteiger partial charge in [0.05, 0.1) is 25.5 Å². The molecule has 0 bridgehead atoms. The molecule has 2 fully saturated rings. The third kappa shape index (κ3) is 5.79. The number of rotatable bonds is 6. The van der Waals surface area contributed by atoms with E-state index in [1.807, 2.05) is 24.3 Å². The minimum absolute atomic E-state index is 0.0612. The quantitative estimate of drug-likeness (QED) is 0.490. The third-order valence-electron chi connectivity index (χ3n) is 8.05. The summed E-state index contributed by atoms with van der Waals surface area (Å²) in [6, 6.07) is 12.0. The van der Waals surface area contributed by atoms with E-state index in [4.69, 9.17) is 18.9 Å². The van der Waals surface area contributed by atoms with Crippen molar-refractivity contribution >= 4 is 29.6 Å². The molecule has 0 aliphatic carbocycles. The van der Waals surface area contributed by atoms with Crippen LogP contribution in [-0.4, -0.2) is 85.7 Å². The molecule has 0 spiro atoms. The van der Waals surface area contributed by atoms with Crippen molar-refractivity contribution in [3.8, 4) is 11.5 Å². The zero-order chi connectivity index (χ0) is 29.1. The number of likely N-dealkylation sites (tertiary alicyclic amines) is 2. The second-order valence-electron chi connectivity index (χ2n) is 10.5. The van der Waals surface area contributed by atoms with E-state index in [-0.39, 0.29) is 36.7 Å². The summed E-state index contributed by atoms with van der Waals surface area (Å²) >= 11 is 0. The summed E-state index contributed by atoms with van der Waals surface area (Å²) in [5.74, 6) is 0.0670. The Labute approximate surface area is 238 Å². The molecular weight excluding hydrogens is 530 g/mol. The van der Waals surface area contributed by atoms with Crippen molar-refractivity contribution in [3.05, 3.63) is 53.6 Å². The SMILES string of the molecule is COC(=O)[C@H]1C[C@H](Oc2ccc(C(=O)N3CCC(N4C(=O)OCc5ccccc54)CC3)c(OC)c2)CCN1C(C)=O. The smallest absolute Gasteiger partial charge is 0.414 e. The van der Waals surface area contributed by atoms with Crippen LogP contribution in [0.5, 0.6) is 11.5 Å². The number of benzene rings is 2. The molecule has 2 aromatic carbocycles. The van der Waals surface area contributed by atoms with Crippen LogP contribution in [0, 0.1) is 0 Å². The lowest BCUT2D eigenvalue weighted by atomic mass is 9.99. The normalized spacial score (nSPS) is 21.0. The third-order valence-corrected chi connectivity index (χ3v) is 8.05. The molecule has 3 amide bonds. The highest BCUT2D eigenvalue weighted by atomic mass is 16.6. The Bertz CT molecular complexity index is 1320. The minimum atomic E-state index is -0.706. The first-order chi connectivity index (χ1) is 19.8. The number of fused-ring (bicyclic) bond motifs is 1. The average molecular weight is 566 g/mol. The van der Waals surface area contributed by atoms with Gasteiger partial charge < -0.3 is 28.7 Å². The van der Waals surface area contributed by atoms with Crippen LogP contribution in [-0.2, 0) is 25.7 Å². The van der Waals surface area contributed by atoms with Gasteiger partial charge >= 0.3 is 12.1 Å². The molecule has 5 rings (SSSR count). The van der Waals surface area contributed by atoms with Crippen LogP contribution in [0.2, 0.25) is 0 Å². The first-order valence-corrected chi connectivity index (χ1v) is 13.8. The first-order valence-electron chi connectivity index (χ1n) is 13.8. The molecular formula is C30H35N3O8. The topological polar surface area (TPSA) is 115 Å². The summed E-state index contributed by atoms with van der Waals surface area (Å²) in [5.41, 5.74) is 2.26. The molecule has 2 saturated heterocycles. The van der Waals surface area contributed by atoms with Gasteiger partial charge in [0.25, 0.3) is 5.91 Å². The van der Waals surface area contributed by atoms with Gasteiger partial charge in [0.1, 0.15) is 30.3 Å². The van der Waals surface area contributed by atoms with Gasteiger partial charge in [-0.1, -0.05) is 18.2 Å². The van der Waals surface area contributed by atoms with Crippen molar-refractivity contribution in [2.75, 3.05) is 38.8 Å². The van der Waals surface area contributed by atoms with E-state index in [9.17, 15) is 19.2 Å². The van der Waals surface area contributed by atoms with Crippen LogP contribution < -0.4 is 14.4 Å². The molecule has 2 atom stereocenters. The maximum absolute atomic E-state index is 13.5. The van der Waals surface area contributed by atoms with Crippen LogP contribution in [0.3, 0.4) is 0 Å². The zero-order valence-electron chi connectivity index (χ0n) is 23.5. The first kappa shape index (κ1) is 28.3. The van der Waals surface area contributed by atoms with Gasteiger partial charge in [-0.3, -0.25) is 14.5 Å². The maximum atomic E-state index is 13.5. The highest BCUT2D eigenvalue weighted by Gasteiger charge is 2.38. The Morgan fingerprint density at radius 3 is 2.44 bits per heavy atom. The van der Waals surface area contributed by atoms with Crippen LogP contribution in [0.15, 0.2) is 42.5 Å². The van der Waals surface area contributed by atoms with E-state index in [0.717, 1.165) is 11.3 Å². The number of amides is 3. The lowest BCUT2D eigenvalue weighted by molar-refractivity contribution is -0.155. The second-order valence-corrected chi connectivity index (χ2v) is 10.5. The summed E-state index contributed by atoms with van der Waals surface area (Å²) in [6.07, 6.45) is 1.44. The molecule has 3 heterocycles. The highest BCUT2D eigenvalue weighted by molar-refractivity contribution is 5.97. The van der Waals surface area contributed by atoms with Crippen molar-refractivity contribution in [2.45, 2.75) is 57.4 Å². The number of carbonyl (C=O) groups excluding carboxylic acids is 4. The second kappa shape index (κ2) is 12.1. The van der Waals surface area contributed by atoms with Crippen molar-refractivity contribution in [2.24, 2.45) is 0 Å². The summed E-state index contributed by atoms with van der Waals surface area (Å²) in [4.78, 5) is 55.4. The summed E-state index contributed by atoms with van der Waals surface area (Å²) in [6.45, 7) is 3.05. The number of anilines is 1. The van der Waals surface area contributed by atoms with Crippen LogP contribution in [0.1, 0.15) is 48.5 Å². The van der Waals surface area contributed by atoms with Crippen LogP contribution >= 0.6 is 0 Å². The predicted octanol–water partition coefficient (Wildman–Crippen LogP) is 3.39. The molecule has 2 aromatic rings. The number of carbonyl (C=O) groups is 4. The standard InChI is InChI=1S/C30H35N3O8/c1-19(34)32-15-12-23(16-26(32)29(36)39-3)41-22-8-9-24(27(17-22)38-2)28(35)31-13-10-21(11-14-31)33-25-7-5-4-6-20(25)18-40-30(33)37/h4-9,17,21,23,26H,10-16,18H2,1-3H3/t23-,26-/m1/s1. The lowest BCUT2D eigenvalue weighted by Gasteiger charge is -2.40. The number of piperidine rings is 2. The molecule has 0 unspecified atom stereocenters. The van der Waals surface area contributed by atoms with E-state index < -0.39 is 12.0 Å². The van der Waals surface area contributed by atoms with Gasteiger partial charge in [0, 0.05) is 57.1 Å². The largest absolute Gasteiger partial charge is 0.496 e. The van der Waals surface area contributed by atoms with Crippen molar-refractivity contribution in [1.82, 2.24) is 9.80 Å². The van der Waals surface area contributed by atoms with Crippen molar-refractivity contribution < 1.29 is 38.1 Å². The number of hydrogen-bond acceptors (Lipinski definition) is 8. The monoisotopic (exact) mass is 565 g/mol. The van der Waals surface area contributed by atoms with Gasteiger partial charge in [-0.2, -0.15) is 0 Å². The maximum Gasteiger partial charge on any atom is 0.414 e. The molecule has 3 aliphatic heterocycles. The zero-order valence-corrected chi connectivity index (χ0v) is 23.5. The van der Waals surface area contributed by atoms with Gasteiger partial charge in [-0.05, 0) is 31.0 Å². The van der Waals surface area contributed by atoms with E-state index in [1.165, 1.54) is 26.0 Å². The van der Waals surface area contributed by atoms with Gasteiger partial charge in [-0.15, -0.1) is 0 Å². The van der Waals surface area contributed by atoms with E-state index in [0.29, 0.717) is 62.4 Å². The fourth-order valence-electron chi connectivity index (χ4n) is 5.91. The lowest BCUT2D eigenvalue weighted by Crippen LogP contribution is -2.52. The van der Waals surface area contributed by atoms with E-state index in [2.05, 4.69) is 0 Å². The molecule has 3 aliphatic rings. The summed E-state index contributed by atoms with van der Waals surface area (Å²) in [7, 11) is 2.80. The van der Waals surface area contributed by atoms with Gasteiger partial charge in [-0.25, -0.2) is 9.59 Å². The molecule has 218 valence electrons. The Morgan fingerprint density at radius 2 is 1.73 bits per heavy atom. The molecule has 41 heavy (non-hydrogen) atoms. The van der Waals surface area contributed by atoms with Crippen molar-refractivity contribution in [3.63, 3.8) is 0 Å². The fourth-order valence-corrected chi connectivity index (χ4v) is 5.91. The molecule has 0 N–H and O–H groups in total. The molecule has 11 nitrogen and oxygen atoms in total. The Morgan fingerprint density at radius 1 is 0.976 bits per heavy atom. The molecule has 0 radical (unpaired) electrons. The number of methoxy groups -OCH3 is 2. The summed E-state index contributed by atoms with van der Waals surface area (Å²) < 4.78 is 22.0. The molecule has 0 aromatic heterocycles. The highest BCUT2D eigenvalue weighted by Crippen LogP contribution is 2.33. The number of esters is 1. The predicted molar refractivity (Wildman–Crippen MR) is 148 cm³/mol. The van der Waals surface area contributed by atoms with Gasteiger partial charge in [0.15, 0.2) is 0 Å². The number of para-hydroxylation sites is 1. The molecule has 11 heteroatoms. The minimum Gasteiger partial charge on any atom is -0.496 e.